The average Bonchev–Trinajstić information content (AvgIpc) is 2.54. The van der Waals surface area contributed by atoms with E-state index in [1.54, 1.807) is 0 Å². The van der Waals surface area contributed by atoms with Crippen LogP contribution >= 0.6 is 0 Å². The van der Waals surface area contributed by atoms with Crippen molar-refractivity contribution in [2.75, 3.05) is 39.3 Å². The Bertz CT molecular complexity index is 676. The van der Waals surface area contributed by atoms with E-state index in [1.807, 2.05) is 36.1 Å². The van der Waals surface area contributed by atoms with Crippen LogP contribution in [-0.2, 0) is 0 Å². The quantitative estimate of drug-likeness (QED) is 0.941. The monoisotopic (exact) mass is 298 g/mol. The average molecular weight is 298 g/mol. The first-order chi connectivity index (χ1) is 10.7. The van der Waals surface area contributed by atoms with E-state index in [9.17, 15) is 4.79 Å². The minimum absolute atomic E-state index is 0.118. The van der Waals surface area contributed by atoms with Gasteiger partial charge in [-0.15, -0.1) is 0 Å². The molecule has 0 radical (unpaired) electrons. The number of hydrogen-bond donors (Lipinski definition) is 1. The first kappa shape index (κ1) is 15.0. The highest BCUT2D eigenvalue weighted by Crippen LogP contribution is 2.21. The Kier molecular flexibility index (Phi) is 4.41. The summed E-state index contributed by atoms with van der Waals surface area (Å²) in [5.41, 5.74) is 1.83. The standard InChI is InChI=1S/C18H22N2O2/c1-14-12-15-4-2-3-5-16(15)13-17(14)18(22)20-8-6-19(7-9-20)10-11-21/h2-5,12-13,21H,6-11H2,1H3. The van der Waals surface area contributed by atoms with Gasteiger partial charge in [0.15, 0.2) is 0 Å². The summed E-state index contributed by atoms with van der Waals surface area (Å²) in [6.45, 7) is 5.99. The van der Waals surface area contributed by atoms with E-state index in [0.29, 0.717) is 6.54 Å². The predicted molar refractivity (Wildman–Crippen MR) is 88.1 cm³/mol. The number of hydrogen-bond acceptors (Lipinski definition) is 3. The number of aryl methyl sites for hydroxylation is 1. The molecule has 3 rings (SSSR count). The van der Waals surface area contributed by atoms with Gasteiger partial charge in [-0.1, -0.05) is 30.3 Å². The van der Waals surface area contributed by atoms with Crippen LogP contribution in [0.25, 0.3) is 10.8 Å². The molecule has 0 aromatic heterocycles. The fourth-order valence-electron chi connectivity index (χ4n) is 3.07. The largest absolute Gasteiger partial charge is 0.395 e. The minimum atomic E-state index is 0.118. The van der Waals surface area contributed by atoms with E-state index in [0.717, 1.165) is 42.7 Å². The lowest BCUT2D eigenvalue weighted by Gasteiger charge is -2.34. The lowest BCUT2D eigenvalue weighted by molar-refractivity contribution is 0.0614. The number of benzene rings is 2. The maximum absolute atomic E-state index is 12.8. The number of carbonyl (C=O) groups excluding carboxylic acids is 1. The molecule has 1 N–H and O–H groups in total. The van der Waals surface area contributed by atoms with Crippen molar-refractivity contribution < 1.29 is 9.90 Å². The lowest BCUT2D eigenvalue weighted by Crippen LogP contribution is -2.49. The molecule has 2 aromatic carbocycles. The van der Waals surface area contributed by atoms with Crippen LogP contribution < -0.4 is 0 Å². The van der Waals surface area contributed by atoms with Crippen LogP contribution in [0.5, 0.6) is 0 Å². The second-order valence-electron chi connectivity index (χ2n) is 5.87. The van der Waals surface area contributed by atoms with Crippen LogP contribution in [0, 0.1) is 6.92 Å². The van der Waals surface area contributed by atoms with E-state index in [2.05, 4.69) is 17.0 Å². The van der Waals surface area contributed by atoms with E-state index >= 15 is 0 Å². The summed E-state index contributed by atoms with van der Waals surface area (Å²) in [6, 6.07) is 12.2. The van der Waals surface area contributed by atoms with Gasteiger partial charge in [-0.25, -0.2) is 0 Å². The molecule has 1 amide bonds. The smallest absolute Gasteiger partial charge is 0.254 e. The topological polar surface area (TPSA) is 43.8 Å². The number of amides is 1. The molecule has 1 heterocycles. The molecule has 1 aliphatic heterocycles. The summed E-state index contributed by atoms with van der Waals surface area (Å²) in [7, 11) is 0. The van der Waals surface area contributed by atoms with E-state index < -0.39 is 0 Å². The normalized spacial score (nSPS) is 16.2. The highest BCUT2D eigenvalue weighted by molar-refractivity contribution is 6.00. The second-order valence-corrected chi connectivity index (χ2v) is 5.87. The number of carbonyl (C=O) groups is 1. The first-order valence-electron chi connectivity index (χ1n) is 7.81. The third kappa shape index (κ3) is 2.98. The Labute approximate surface area is 131 Å². The Morgan fingerprint density at radius 1 is 1.09 bits per heavy atom. The van der Waals surface area contributed by atoms with Crippen molar-refractivity contribution in [1.29, 1.82) is 0 Å². The molecule has 1 saturated heterocycles. The molecule has 0 spiro atoms. The summed E-state index contributed by atoms with van der Waals surface area (Å²) in [5.74, 6) is 0.118. The van der Waals surface area contributed by atoms with E-state index in [1.165, 1.54) is 5.39 Å². The zero-order chi connectivity index (χ0) is 15.5. The summed E-state index contributed by atoms with van der Waals surface area (Å²) >= 11 is 0. The second kappa shape index (κ2) is 6.46. The fourth-order valence-corrected chi connectivity index (χ4v) is 3.07. The molecule has 1 fully saturated rings. The van der Waals surface area contributed by atoms with Crippen LogP contribution in [0.15, 0.2) is 36.4 Å². The van der Waals surface area contributed by atoms with Gasteiger partial charge in [0.1, 0.15) is 0 Å². The lowest BCUT2D eigenvalue weighted by atomic mass is 10.0. The van der Waals surface area contributed by atoms with Gasteiger partial charge in [0.2, 0.25) is 0 Å². The molecular weight excluding hydrogens is 276 g/mol. The Morgan fingerprint density at radius 3 is 2.36 bits per heavy atom. The van der Waals surface area contributed by atoms with Crippen molar-refractivity contribution in [3.8, 4) is 0 Å². The molecule has 116 valence electrons. The number of nitrogens with zero attached hydrogens (tertiary/aromatic N) is 2. The van der Waals surface area contributed by atoms with Crippen molar-refractivity contribution in [3.05, 3.63) is 47.5 Å². The molecule has 4 heteroatoms. The fraction of sp³-hybridized carbons (Fsp3) is 0.389. The highest BCUT2D eigenvalue weighted by atomic mass is 16.3. The van der Waals surface area contributed by atoms with Gasteiger partial charge in [-0.3, -0.25) is 9.69 Å². The van der Waals surface area contributed by atoms with Crippen molar-refractivity contribution in [1.82, 2.24) is 9.80 Å². The van der Waals surface area contributed by atoms with Crippen LogP contribution in [0.2, 0.25) is 0 Å². The molecule has 0 unspecified atom stereocenters. The van der Waals surface area contributed by atoms with Crippen LogP contribution in [0.4, 0.5) is 0 Å². The van der Waals surface area contributed by atoms with Gasteiger partial charge in [0.05, 0.1) is 6.61 Å². The summed E-state index contributed by atoms with van der Waals surface area (Å²) in [5, 5.41) is 11.3. The third-order valence-corrected chi connectivity index (χ3v) is 4.40. The number of β-amino-alcohol motifs (C(OH)–C–C–N with tert-alkyl or cyclic N) is 1. The van der Waals surface area contributed by atoms with Gasteiger partial charge in [-0.05, 0) is 29.3 Å². The molecule has 0 aliphatic carbocycles. The van der Waals surface area contributed by atoms with Crippen molar-refractivity contribution in [2.24, 2.45) is 0 Å². The van der Waals surface area contributed by atoms with Gasteiger partial charge < -0.3 is 10.0 Å². The van der Waals surface area contributed by atoms with Crippen molar-refractivity contribution >= 4 is 16.7 Å². The van der Waals surface area contributed by atoms with Crippen molar-refractivity contribution in [3.63, 3.8) is 0 Å². The number of fused-ring (bicyclic) bond motifs is 1. The predicted octanol–water partition coefficient (Wildman–Crippen LogP) is 1.90. The Balaban J connectivity index is 1.79. The SMILES string of the molecule is Cc1cc2ccccc2cc1C(=O)N1CCN(CCO)CC1. The van der Waals surface area contributed by atoms with E-state index in [-0.39, 0.29) is 12.5 Å². The molecule has 1 aliphatic rings. The molecule has 0 bridgehead atoms. The molecule has 4 nitrogen and oxygen atoms in total. The maximum Gasteiger partial charge on any atom is 0.254 e. The van der Waals surface area contributed by atoms with Gasteiger partial charge in [0, 0.05) is 38.3 Å². The molecular formula is C18H22N2O2. The minimum Gasteiger partial charge on any atom is -0.395 e. The summed E-state index contributed by atoms with van der Waals surface area (Å²) < 4.78 is 0. The summed E-state index contributed by atoms with van der Waals surface area (Å²) in [4.78, 5) is 16.9. The Hall–Kier alpha value is -1.91. The third-order valence-electron chi connectivity index (χ3n) is 4.40. The maximum atomic E-state index is 12.8. The van der Waals surface area contributed by atoms with Gasteiger partial charge >= 0.3 is 0 Å². The van der Waals surface area contributed by atoms with Gasteiger partial charge in [-0.2, -0.15) is 0 Å². The highest BCUT2D eigenvalue weighted by Gasteiger charge is 2.23. The molecule has 0 atom stereocenters. The van der Waals surface area contributed by atoms with Gasteiger partial charge in [0.25, 0.3) is 5.91 Å². The molecule has 0 saturated carbocycles. The number of aliphatic hydroxyl groups is 1. The van der Waals surface area contributed by atoms with Crippen LogP contribution in [0.3, 0.4) is 0 Å². The van der Waals surface area contributed by atoms with Crippen molar-refractivity contribution in [2.45, 2.75) is 6.92 Å². The van der Waals surface area contributed by atoms with Crippen LogP contribution in [-0.4, -0.2) is 60.1 Å². The summed E-state index contributed by atoms with van der Waals surface area (Å²) in [6.07, 6.45) is 0. The zero-order valence-corrected chi connectivity index (χ0v) is 13.0. The molecule has 2 aromatic rings. The molecule has 22 heavy (non-hydrogen) atoms. The zero-order valence-electron chi connectivity index (χ0n) is 13.0. The first-order valence-corrected chi connectivity index (χ1v) is 7.81. The number of aliphatic hydroxyl groups excluding tert-OH is 1. The Morgan fingerprint density at radius 2 is 1.73 bits per heavy atom. The van der Waals surface area contributed by atoms with Crippen LogP contribution in [0.1, 0.15) is 15.9 Å². The number of piperazine rings is 1. The van der Waals surface area contributed by atoms with E-state index in [4.69, 9.17) is 5.11 Å². The number of rotatable bonds is 3.